The van der Waals surface area contributed by atoms with Crippen molar-refractivity contribution in [2.75, 3.05) is 5.73 Å². The van der Waals surface area contributed by atoms with Gasteiger partial charge in [-0.2, -0.15) is 0 Å². The van der Waals surface area contributed by atoms with E-state index in [9.17, 15) is 0 Å². The van der Waals surface area contributed by atoms with Crippen molar-refractivity contribution in [2.24, 2.45) is 0 Å². The van der Waals surface area contributed by atoms with Crippen LogP contribution in [0.1, 0.15) is 11.1 Å². The van der Waals surface area contributed by atoms with Gasteiger partial charge in [-0.1, -0.05) is 57.0 Å². The molecular weight excluding hydrogens is 328 g/mol. The zero-order valence-corrected chi connectivity index (χ0v) is 13.4. The van der Waals surface area contributed by atoms with Gasteiger partial charge in [0.05, 0.1) is 5.56 Å². The Bertz CT molecular complexity index is 791. The highest BCUT2D eigenvalue weighted by Gasteiger charge is 2.17. The Labute approximate surface area is 131 Å². The Morgan fingerprint density at radius 3 is 2.33 bits per heavy atom. The van der Waals surface area contributed by atoms with Crippen LogP contribution in [-0.4, -0.2) is 5.16 Å². The van der Waals surface area contributed by atoms with Crippen LogP contribution in [0, 0.1) is 13.8 Å². The summed E-state index contributed by atoms with van der Waals surface area (Å²) in [6.45, 7) is 4.10. The Morgan fingerprint density at radius 1 is 1.00 bits per heavy atom. The quantitative estimate of drug-likeness (QED) is 0.715. The molecule has 21 heavy (non-hydrogen) atoms. The average Bonchev–Trinajstić information content (AvgIpc) is 2.85. The maximum Gasteiger partial charge on any atom is 0.230 e. The molecule has 1 heterocycles. The van der Waals surface area contributed by atoms with Crippen LogP contribution in [0.3, 0.4) is 0 Å². The summed E-state index contributed by atoms with van der Waals surface area (Å²) in [5, 5.41) is 4.14. The molecule has 1 aromatic heterocycles. The number of rotatable bonds is 2. The van der Waals surface area contributed by atoms with Gasteiger partial charge in [0.2, 0.25) is 5.88 Å². The monoisotopic (exact) mass is 342 g/mol. The molecule has 3 nitrogen and oxygen atoms in total. The van der Waals surface area contributed by atoms with Crippen molar-refractivity contribution in [1.82, 2.24) is 5.16 Å². The first-order valence-electron chi connectivity index (χ1n) is 6.65. The molecular formula is C17H15BrN2O. The normalized spacial score (nSPS) is 10.8. The molecule has 0 fully saturated rings. The summed E-state index contributed by atoms with van der Waals surface area (Å²) < 4.78 is 6.29. The molecule has 0 saturated heterocycles. The van der Waals surface area contributed by atoms with E-state index in [1.54, 1.807) is 0 Å². The van der Waals surface area contributed by atoms with Crippen molar-refractivity contribution in [3.63, 3.8) is 0 Å². The summed E-state index contributed by atoms with van der Waals surface area (Å²) in [6, 6.07) is 14.3. The molecule has 0 spiro atoms. The van der Waals surface area contributed by atoms with Crippen LogP contribution in [0.15, 0.2) is 51.5 Å². The SMILES string of the molecule is Cc1ccc(-c2c(-c3ccc(Br)c(C)c3)noc2N)cc1. The summed E-state index contributed by atoms with van der Waals surface area (Å²) in [4.78, 5) is 0. The summed E-state index contributed by atoms with van der Waals surface area (Å²) in [7, 11) is 0. The third-order valence-corrected chi connectivity index (χ3v) is 4.38. The lowest BCUT2D eigenvalue weighted by Crippen LogP contribution is -1.88. The number of nitrogens with two attached hydrogens (primary N) is 1. The summed E-state index contributed by atoms with van der Waals surface area (Å²) in [5.74, 6) is 0.342. The number of hydrogen-bond acceptors (Lipinski definition) is 3. The fourth-order valence-electron chi connectivity index (χ4n) is 2.29. The highest BCUT2D eigenvalue weighted by Crippen LogP contribution is 2.37. The van der Waals surface area contributed by atoms with Crippen molar-refractivity contribution >= 4 is 21.8 Å². The van der Waals surface area contributed by atoms with E-state index >= 15 is 0 Å². The van der Waals surface area contributed by atoms with Gasteiger partial charge in [-0.25, -0.2) is 0 Å². The first-order valence-corrected chi connectivity index (χ1v) is 7.44. The van der Waals surface area contributed by atoms with E-state index in [-0.39, 0.29) is 0 Å². The molecule has 0 saturated carbocycles. The fourth-order valence-corrected chi connectivity index (χ4v) is 2.54. The average molecular weight is 343 g/mol. The number of hydrogen-bond donors (Lipinski definition) is 1. The number of nitrogen functional groups attached to an aromatic ring is 1. The molecule has 0 aliphatic heterocycles. The molecule has 0 aliphatic carbocycles. The zero-order chi connectivity index (χ0) is 15.0. The minimum atomic E-state index is 0.342. The second kappa shape index (κ2) is 5.37. The molecule has 3 aromatic rings. The molecule has 0 radical (unpaired) electrons. The first-order chi connectivity index (χ1) is 10.1. The smallest absolute Gasteiger partial charge is 0.230 e. The Kier molecular flexibility index (Phi) is 3.55. The van der Waals surface area contributed by atoms with E-state index < -0.39 is 0 Å². The molecule has 2 aromatic carbocycles. The van der Waals surface area contributed by atoms with Crippen LogP contribution >= 0.6 is 15.9 Å². The van der Waals surface area contributed by atoms with Crippen LogP contribution in [0.2, 0.25) is 0 Å². The second-order valence-electron chi connectivity index (χ2n) is 5.10. The van der Waals surface area contributed by atoms with Gasteiger partial charge in [-0.3, -0.25) is 0 Å². The Balaban J connectivity index is 2.16. The van der Waals surface area contributed by atoms with Crippen molar-refractivity contribution in [1.29, 1.82) is 0 Å². The lowest BCUT2D eigenvalue weighted by molar-refractivity contribution is 0.439. The second-order valence-corrected chi connectivity index (χ2v) is 5.95. The maximum atomic E-state index is 5.98. The fraction of sp³-hybridized carbons (Fsp3) is 0.118. The van der Waals surface area contributed by atoms with Gasteiger partial charge >= 0.3 is 0 Å². The minimum absolute atomic E-state index is 0.342. The molecule has 2 N–H and O–H groups in total. The maximum absolute atomic E-state index is 5.98. The minimum Gasteiger partial charge on any atom is -0.367 e. The third-order valence-electron chi connectivity index (χ3n) is 3.49. The van der Waals surface area contributed by atoms with E-state index in [1.807, 2.05) is 31.2 Å². The summed E-state index contributed by atoms with van der Waals surface area (Å²) >= 11 is 3.51. The molecule has 0 bridgehead atoms. The number of benzene rings is 2. The van der Waals surface area contributed by atoms with Gasteiger partial charge in [0.1, 0.15) is 5.69 Å². The van der Waals surface area contributed by atoms with Gasteiger partial charge in [0.15, 0.2) is 0 Å². The highest BCUT2D eigenvalue weighted by molar-refractivity contribution is 9.10. The van der Waals surface area contributed by atoms with Gasteiger partial charge in [-0.05, 0) is 37.1 Å². The molecule has 3 rings (SSSR count). The van der Waals surface area contributed by atoms with Crippen molar-refractivity contribution in [3.05, 3.63) is 58.1 Å². The Morgan fingerprint density at radius 2 is 1.67 bits per heavy atom. The van der Waals surface area contributed by atoms with E-state index in [1.165, 1.54) is 5.56 Å². The van der Waals surface area contributed by atoms with Crippen molar-refractivity contribution in [3.8, 4) is 22.4 Å². The summed E-state index contributed by atoms with van der Waals surface area (Å²) in [6.07, 6.45) is 0. The van der Waals surface area contributed by atoms with Gasteiger partial charge in [0.25, 0.3) is 0 Å². The van der Waals surface area contributed by atoms with Crippen LogP contribution in [0.25, 0.3) is 22.4 Å². The molecule has 0 amide bonds. The standard InChI is InChI=1S/C17H15BrN2O/c1-10-3-5-12(6-4-10)15-16(20-21-17(15)19)13-7-8-14(18)11(2)9-13/h3-9H,19H2,1-2H3. The van der Waals surface area contributed by atoms with Gasteiger partial charge < -0.3 is 10.3 Å². The lowest BCUT2D eigenvalue weighted by Gasteiger charge is -2.05. The highest BCUT2D eigenvalue weighted by atomic mass is 79.9. The van der Waals surface area contributed by atoms with Crippen LogP contribution in [-0.2, 0) is 0 Å². The molecule has 0 unspecified atom stereocenters. The first kappa shape index (κ1) is 13.9. The van der Waals surface area contributed by atoms with Crippen molar-refractivity contribution < 1.29 is 4.52 Å². The van der Waals surface area contributed by atoms with Crippen LogP contribution in [0.4, 0.5) is 5.88 Å². The molecule has 106 valence electrons. The van der Waals surface area contributed by atoms with E-state index in [0.717, 1.165) is 32.4 Å². The van der Waals surface area contributed by atoms with E-state index in [0.29, 0.717) is 5.88 Å². The lowest BCUT2D eigenvalue weighted by atomic mass is 9.99. The van der Waals surface area contributed by atoms with Gasteiger partial charge in [-0.15, -0.1) is 0 Å². The van der Waals surface area contributed by atoms with Crippen LogP contribution in [0.5, 0.6) is 0 Å². The predicted octanol–water partition coefficient (Wildman–Crippen LogP) is 4.97. The van der Waals surface area contributed by atoms with E-state index in [4.69, 9.17) is 10.3 Å². The van der Waals surface area contributed by atoms with E-state index in [2.05, 4.69) is 46.2 Å². The largest absolute Gasteiger partial charge is 0.367 e. The summed E-state index contributed by atoms with van der Waals surface area (Å²) in [5.41, 5.74) is 11.9. The molecule has 0 atom stereocenters. The zero-order valence-electron chi connectivity index (χ0n) is 11.9. The topological polar surface area (TPSA) is 52.0 Å². The predicted molar refractivity (Wildman–Crippen MR) is 89.0 cm³/mol. The number of aromatic nitrogens is 1. The molecule has 0 aliphatic rings. The number of anilines is 1. The van der Waals surface area contributed by atoms with Gasteiger partial charge in [0, 0.05) is 10.0 Å². The number of aryl methyl sites for hydroxylation is 2. The molecule has 4 heteroatoms. The van der Waals surface area contributed by atoms with Crippen LogP contribution < -0.4 is 5.73 Å². The Hall–Kier alpha value is -2.07. The number of halogens is 1. The van der Waals surface area contributed by atoms with Crippen molar-refractivity contribution in [2.45, 2.75) is 13.8 Å². The third kappa shape index (κ3) is 2.59. The number of nitrogens with zero attached hydrogens (tertiary/aromatic N) is 1.